The van der Waals surface area contributed by atoms with Crippen LogP contribution in [0.3, 0.4) is 0 Å². The molecule has 9 nitrogen and oxygen atoms in total. The van der Waals surface area contributed by atoms with Crippen LogP contribution in [0.1, 0.15) is 174 Å². The van der Waals surface area contributed by atoms with Crippen LogP contribution in [0.25, 0.3) is 0 Å². The zero-order valence-corrected chi connectivity index (χ0v) is 35.6. The third kappa shape index (κ3) is 39.7. The Labute approximate surface area is 325 Å². The molecule has 0 aliphatic carbocycles. The summed E-state index contributed by atoms with van der Waals surface area (Å²) in [6.07, 6.45) is 38.8. The smallest absolute Gasteiger partial charge is 0.306 e. The summed E-state index contributed by atoms with van der Waals surface area (Å²) in [6, 6.07) is 0. The lowest BCUT2D eigenvalue weighted by atomic mass is 10.1. The first-order valence-corrected chi connectivity index (χ1v) is 22.7. The van der Waals surface area contributed by atoms with Gasteiger partial charge in [0, 0.05) is 12.8 Å². The van der Waals surface area contributed by atoms with E-state index in [0.29, 0.717) is 23.9 Å². The molecule has 0 aromatic heterocycles. The molecule has 0 spiro atoms. The molecule has 0 bridgehead atoms. The molecule has 0 aliphatic heterocycles. The normalized spacial score (nSPS) is 14.0. The van der Waals surface area contributed by atoms with Gasteiger partial charge in [-0.25, -0.2) is 0 Å². The molecular weight excluding hydrogens is 689 g/mol. The van der Waals surface area contributed by atoms with Crippen molar-refractivity contribution in [3.63, 3.8) is 0 Å². The van der Waals surface area contributed by atoms with Crippen LogP contribution >= 0.6 is 7.82 Å². The standard InChI is InChI=1S/C43H80NO8P/c1-6-8-10-12-14-16-18-20-22-24-26-28-30-32-34-36-43(46)52-41(40-51-53(47,48)50-38-37-44(3,4)5)39-49-42(45)35-33-31-29-27-25-23-21-19-17-15-13-11-9-7-2/h13,15-16,18-19,21,41H,6-12,14,17,20,22-40H2,1-5H3/b15-13+,18-16+,21-19+/t41-/m1/s1. The lowest BCUT2D eigenvalue weighted by Crippen LogP contribution is -2.37. The fraction of sp³-hybridized carbons (Fsp3) is 0.814. The van der Waals surface area contributed by atoms with E-state index in [-0.39, 0.29) is 26.1 Å². The Morgan fingerprint density at radius 2 is 1.04 bits per heavy atom. The topological polar surface area (TPSA) is 111 Å². The monoisotopic (exact) mass is 770 g/mol. The number of hydrogen-bond acceptors (Lipinski definition) is 8. The molecule has 0 radical (unpaired) electrons. The summed E-state index contributed by atoms with van der Waals surface area (Å²) in [5.74, 6) is -0.856. The fourth-order valence-corrected chi connectivity index (χ4v) is 6.22. The van der Waals surface area contributed by atoms with Gasteiger partial charge in [-0.05, 0) is 64.2 Å². The minimum Gasteiger partial charge on any atom is -0.756 e. The van der Waals surface area contributed by atoms with Crippen molar-refractivity contribution in [3.05, 3.63) is 36.5 Å². The third-order valence-electron chi connectivity index (χ3n) is 8.88. The first-order chi connectivity index (χ1) is 25.5. The number of nitrogens with zero attached hydrogens (tertiary/aromatic N) is 1. The van der Waals surface area contributed by atoms with Crippen LogP contribution in [0.5, 0.6) is 0 Å². The minimum absolute atomic E-state index is 0.0343. The zero-order chi connectivity index (χ0) is 39.3. The van der Waals surface area contributed by atoms with Crippen LogP contribution < -0.4 is 4.89 Å². The number of esters is 2. The van der Waals surface area contributed by atoms with Crippen LogP contribution in [0.15, 0.2) is 36.5 Å². The first-order valence-electron chi connectivity index (χ1n) is 21.2. The van der Waals surface area contributed by atoms with Crippen LogP contribution in [0.2, 0.25) is 0 Å². The van der Waals surface area contributed by atoms with Crippen molar-refractivity contribution in [1.29, 1.82) is 0 Å². The number of ether oxygens (including phenoxy) is 2. The molecule has 0 saturated heterocycles. The number of rotatable bonds is 38. The Hall–Kier alpha value is -1.77. The molecule has 0 aromatic carbocycles. The van der Waals surface area contributed by atoms with Gasteiger partial charge in [-0.3, -0.25) is 14.2 Å². The summed E-state index contributed by atoms with van der Waals surface area (Å²) in [7, 11) is 1.15. The number of phosphoric ester groups is 1. The van der Waals surface area contributed by atoms with Crippen molar-refractivity contribution >= 4 is 19.8 Å². The number of phosphoric acid groups is 1. The average molecular weight is 770 g/mol. The molecule has 1 unspecified atom stereocenters. The van der Waals surface area contributed by atoms with E-state index in [2.05, 4.69) is 50.3 Å². The van der Waals surface area contributed by atoms with Gasteiger partial charge in [0.05, 0.1) is 27.7 Å². The van der Waals surface area contributed by atoms with E-state index in [4.69, 9.17) is 18.5 Å². The Morgan fingerprint density at radius 3 is 1.57 bits per heavy atom. The summed E-state index contributed by atoms with van der Waals surface area (Å²) in [5, 5.41) is 0. The zero-order valence-electron chi connectivity index (χ0n) is 34.7. The van der Waals surface area contributed by atoms with Crippen molar-refractivity contribution in [2.75, 3.05) is 47.5 Å². The van der Waals surface area contributed by atoms with E-state index in [1.165, 1.54) is 64.2 Å². The van der Waals surface area contributed by atoms with Crippen LogP contribution in [-0.4, -0.2) is 70.0 Å². The van der Waals surface area contributed by atoms with Crippen molar-refractivity contribution in [3.8, 4) is 0 Å². The molecule has 0 aromatic rings. The molecular formula is C43H80NO8P. The van der Waals surface area contributed by atoms with E-state index in [1.807, 2.05) is 21.1 Å². The van der Waals surface area contributed by atoms with Crippen LogP contribution in [0, 0.1) is 0 Å². The first kappa shape index (κ1) is 51.2. The van der Waals surface area contributed by atoms with E-state index in [9.17, 15) is 19.0 Å². The molecule has 2 atom stereocenters. The Morgan fingerprint density at radius 1 is 0.585 bits per heavy atom. The predicted molar refractivity (Wildman–Crippen MR) is 217 cm³/mol. The molecule has 0 rings (SSSR count). The number of likely N-dealkylation sites (N-methyl/N-ethyl adjacent to an activating group) is 1. The van der Waals surface area contributed by atoms with Gasteiger partial charge in [0.25, 0.3) is 7.82 Å². The lowest BCUT2D eigenvalue weighted by Gasteiger charge is -2.28. The highest BCUT2D eigenvalue weighted by atomic mass is 31.2. The molecule has 0 heterocycles. The number of allylic oxidation sites excluding steroid dienone is 6. The summed E-state index contributed by atoms with van der Waals surface area (Å²) < 4.78 is 33.8. The van der Waals surface area contributed by atoms with Gasteiger partial charge in [-0.2, -0.15) is 0 Å². The summed E-state index contributed by atoms with van der Waals surface area (Å²) in [6.45, 7) is 4.14. The van der Waals surface area contributed by atoms with Crippen LogP contribution in [0.4, 0.5) is 0 Å². The Balaban J connectivity index is 4.41. The second-order valence-corrected chi connectivity index (χ2v) is 16.8. The SMILES string of the molecule is CCCC/C=C/C/C=C/CCCCCCCC(=O)OC[C@H](COP(=O)([O-])OCC[N+](C)(C)C)OC(=O)CCCCCCCCC/C=C/CCCCCC. The van der Waals surface area contributed by atoms with Gasteiger partial charge in [0.1, 0.15) is 19.8 Å². The highest BCUT2D eigenvalue weighted by Crippen LogP contribution is 2.38. The maximum Gasteiger partial charge on any atom is 0.306 e. The summed E-state index contributed by atoms with van der Waals surface area (Å²) in [4.78, 5) is 37.4. The van der Waals surface area contributed by atoms with Gasteiger partial charge in [0.15, 0.2) is 6.10 Å². The number of quaternary nitrogens is 1. The second-order valence-electron chi connectivity index (χ2n) is 15.3. The van der Waals surface area contributed by atoms with Gasteiger partial charge < -0.3 is 27.9 Å². The fourth-order valence-electron chi connectivity index (χ4n) is 5.49. The molecule has 0 amide bonds. The van der Waals surface area contributed by atoms with Gasteiger partial charge in [-0.1, -0.05) is 134 Å². The molecule has 10 heteroatoms. The lowest BCUT2D eigenvalue weighted by molar-refractivity contribution is -0.870. The largest absolute Gasteiger partial charge is 0.756 e. The molecule has 53 heavy (non-hydrogen) atoms. The van der Waals surface area contributed by atoms with E-state index < -0.39 is 32.5 Å². The number of unbranched alkanes of at least 4 members (excludes halogenated alkanes) is 18. The number of carbonyl (C=O) groups excluding carboxylic acids is 2. The Kier molecular flexibility index (Phi) is 34.7. The maximum absolute atomic E-state index is 12.6. The van der Waals surface area contributed by atoms with E-state index in [0.717, 1.165) is 70.6 Å². The molecule has 0 fully saturated rings. The van der Waals surface area contributed by atoms with Gasteiger partial charge in [0.2, 0.25) is 0 Å². The summed E-state index contributed by atoms with van der Waals surface area (Å²) in [5.41, 5.74) is 0. The second kappa shape index (κ2) is 35.9. The van der Waals surface area contributed by atoms with Crippen molar-refractivity contribution in [2.45, 2.75) is 180 Å². The van der Waals surface area contributed by atoms with Crippen molar-refractivity contribution in [2.24, 2.45) is 0 Å². The third-order valence-corrected chi connectivity index (χ3v) is 9.85. The van der Waals surface area contributed by atoms with Gasteiger partial charge >= 0.3 is 11.9 Å². The Bertz CT molecular complexity index is 1010. The van der Waals surface area contributed by atoms with Crippen molar-refractivity contribution < 1.29 is 42.1 Å². The molecule has 0 saturated carbocycles. The van der Waals surface area contributed by atoms with E-state index >= 15 is 0 Å². The van der Waals surface area contributed by atoms with Crippen LogP contribution in [-0.2, 0) is 32.7 Å². The highest BCUT2D eigenvalue weighted by molar-refractivity contribution is 7.45. The number of carbonyl (C=O) groups is 2. The predicted octanol–water partition coefficient (Wildman–Crippen LogP) is 11.1. The number of hydrogen-bond donors (Lipinski definition) is 0. The molecule has 0 aliphatic rings. The molecule has 310 valence electrons. The maximum atomic E-state index is 12.6. The van der Waals surface area contributed by atoms with Crippen molar-refractivity contribution in [1.82, 2.24) is 0 Å². The minimum atomic E-state index is -4.62. The van der Waals surface area contributed by atoms with Gasteiger partial charge in [-0.15, -0.1) is 0 Å². The highest BCUT2D eigenvalue weighted by Gasteiger charge is 2.21. The average Bonchev–Trinajstić information content (AvgIpc) is 3.10. The summed E-state index contributed by atoms with van der Waals surface area (Å²) >= 11 is 0. The van der Waals surface area contributed by atoms with E-state index in [1.54, 1.807) is 0 Å². The molecule has 0 N–H and O–H groups in total. The quantitative estimate of drug-likeness (QED) is 0.0201.